The Morgan fingerprint density at radius 1 is 1.07 bits per heavy atom. The third kappa shape index (κ3) is 2.57. The Labute approximate surface area is 86.2 Å². The molecule has 0 fully saturated rings. The van der Waals surface area contributed by atoms with Crippen LogP contribution < -0.4 is 0 Å². The summed E-state index contributed by atoms with van der Waals surface area (Å²) in [6.07, 6.45) is 2.30. The van der Waals surface area contributed by atoms with Crippen LogP contribution in [0.4, 0.5) is 4.39 Å². The van der Waals surface area contributed by atoms with Crippen LogP contribution in [0, 0.1) is 11.7 Å². The first-order chi connectivity index (χ1) is 6.69. The van der Waals surface area contributed by atoms with Crippen LogP contribution in [-0.4, -0.2) is 0 Å². The van der Waals surface area contributed by atoms with Crippen molar-refractivity contribution in [3.05, 3.63) is 35.6 Å². The van der Waals surface area contributed by atoms with Crippen molar-refractivity contribution < 1.29 is 4.39 Å². The van der Waals surface area contributed by atoms with Crippen LogP contribution in [0.25, 0.3) is 0 Å². The van der Waals surface area contributed by atoms with Crippen molar-refractivity contribution in [3.63, 3.8) is 0 Å². The summed E-state index contributed by atoms with van der Waals surface area (Å²) in [5, 5.41) is 0. The number of rotatable bonds is 4. The highest BCUT2D eigenvalue weighted by atomic mass is 19.1. The van der Waals surface area contributed by atoms with E-state index < -0.39 is 0 Å². The maximum Gasteiger partial charge on any atom is 0.123 e. The number of hydrogen-bond acceptors (Lipinski definition) is 0. The molecular weight excluding hydrogens is 175 g/mol. The predicted octanol–water partition coefficient (Wildman–Crippen LogP) is 4.37. The fraction of sp³-hybridized carbons (Fsp3) is 0.538. The van der Waals surface area contributed by atoms with Crippen LogP contribution in [0.2, 0.25) is 0 Å². The Balaban J connectivity index is 2.84. The van der Waals surface area contributed by atoms with Crippen LogP contribution in [0.5, 0.6) is 0 Å². The second-order valence-electron chi connectivity index (χ2n) is 3.95. The predicted molar refractivity (Wildman–Crippen MR) is 58.9 cm³/mol. The van der Waals surface area contributed by atoms with Gasteiger partial charge in [0.05, 0.1) is 0 Å². The highest BCUT2D eigenvalue weighted by molar-refractivity contribution is 5.20. The summed E-state index contributed by atoms with van der Waals surface area (Å²) in [7, 11) is 0. The normalized spacial score (nSPS) is 15.1. The molecule has 0 nitrogen and oxygen atoms in total. The van der Waals surface area contributed by atoms with Crippen LogP contribution in [0.15, 0.2) is 24.3 Å². The van der Waals surface area contributed by atoms with Gasteiger partial charge in [-0.25, -0.2) is 4.39 Å². The Kier molecular flexibility index (Phi) is 4.12. The summed E-state index contributed by atoms with van der Waals surface area (Å²) >= 11 is 0. The maximum absolute atomic E-state index is 12.7. The number of halogens is 1. The zero-order valence-electron chi connectivity index (χ0n) is 9.26. The first-order valence-corrected chi connectivity index (χ1v) is 5.44. The fourth-order valence-corrected chi connectivity index (χ4v) is 1.96. The van der Waals surface area contributed by atoms with Crippen LogP contribution >= 0.6 is 0 Å². The third-order valence-electron chi connectivity index (χ3n) is 3.07. The Bertz CT molecular complexity index is 263. The van der Waals surface area contributed by atoms with Gasteiger partial charge in [0.2, 0.25) is 0 Å². The number of hydrogen-bond donors (Lipinski definition) is 0. The average Bonchev–Trinajstić information content (AvgIpc) is 2.21. The standard InChI is InChI=1S/C13H19F/c1-4-10(3)13(5-2)11-6-8-12(14)9-7-11/h6-10,13H,4-5H2,1-3H3. The van der Waals surface area contributed by atoms with E-state index in [2.05, 4.69) is 20.8 Å². The first kappa shape index (κ1) is 11.2. The molecule has 2 unspecified atom stereocenters. The van der Waals surface area contributed by atoms with Crippen molar-refractivity contribution in [2.24, 2.45) is 5.92 Å². The third-order valence-corrected chi connectivity index (χ3v) is 3.07. The lowest BCUT2D eigenvalue weighted by Crippen LogP contribution is -2.07. The minimum absolute atomic E-state index is 0.146. The highest BCUT2D eigenvalue weighted by Gasteiger charge is 2.15. The summed E-state index contributed by atoms with van der Waals surface area (Å²) in [4.78, 5) is 0. The molecule has 0 spiro atoms. The van der Waals surface area contributed by atoms with E-state index in [0.29, 0.717) is 11.8 Å². The molecule has 2 atom stereocenters. The molecule has 0 heterocycles. The van der Waals surface area contributed by atoms with E-state index in [-0.39, 0.29) is 5.82 Å². The summed E-state index contributed by atoms with van der Waals surface area (Å²) in [5.41, 5.74) is 1.27. The van der Waals surface area contributed by atoms with E-state index in [1.807, 2.05) is 12.1 Å². The van der Waals surface area contributed by atoms with E-state index in [4.69, 9.17) is 0 Å². The fourth-order valence-electron chi connectivity index (χ4n) is 1.96. The van der Waals surface area contributed by atoms with Gasteiger partial charge >= 0.3 is 0 Å². The lowest BCUT2D eigenvalue weighted by atomic mass is 9.84. The zero-order chi connectivity index (χ0) is 10.6. The van der Waals surface area contributed by atoms with Crippen molar-refractivity contribution >= 4 is 0 Å². The molecule has 0 aliphatic rings. The molecule has 0 saturated carbocycles. The molecule has 0 N–H and O–H groups in total. The van der Waals surface area contributed by atoms with Crippen molar-refractivity contribution in [1.29, 1.82) is 0 Å². The molecule has 0 aromatic heterocycles. The second-order valence-corrected chi connectivity index (χ2v) is 3.95. The van der Waals surface area contributed by atoms with Gasteiger partial charge in [0.25, 0.3) is 0 Å². The molecule has 1 heteroatoms. The quantitative estimate of drug-likeness (QED) is 0.667. The van der Waals surface area contributed by atoms with Crippen molar-refractivity contribution in [3.8, 4) is 0 Å². The minimum Gasteiger partial charge on any atom is -0.207 e. The van der Waals surface area contributed by atoms with Gasteiger partial charge < -0.3 is 0 Å². The van der Waals surface area contributed by atoms with Crippen LogP contribution in [0.1, 0.15) is 45.1 Å². The molecule has 1 aromatic rings. The van der Waals surface area contributed by atoms with E-state index in [9.17, 15) is 4.39 Å². The average molecular weight is 194 g/mol. The SMILES string of the molecule is CCC(C)C(CC)c1ccc(F)cc1. The summed E-state index contributed by atoms with van der Waals surface area (Å²) < 4.78 is 12.7. The van der Waals surface area contributed by atoms with Gasteiger partial charge in [-0.15, -0.1) is 0 Å². The van der Waals surface area contributed by atoms with E-state index in [0.717, 1.165) is 6.42 Å². The topological polar surface area (TPSA) is 0 Å². The molecule has 14 heavy (non-hydrogen) atoms. The van der Waals surface area contributed by atoms with Crippen molar-refractivity contribution in [2.75, 3.05) is 0 Å². The summed E-state index contributed by atoms with van der Waals surface area (Å²) in [6.45, 7) is 6.66. The van der Waals surface area contributed by atoms with Gasteiger partial charge in [-0.2, -0.15) is 0 Å². The molecule has 0 saturated heterocycles. The minimum atomic E-state index is -0.146. The largest absolute Gasteiger partial charge is 0.207 e. The van der Waals surface area contributed by atoms with Crippen LogP contribution in [0.3, 0.4) is 0 Å². The summed E-state index contributed by atoms with van der Waals surface area (Å²) in [5.74, 6) is 1.10. The van der Waals surface area contributed by atoms with Crippen LogP contribution in [-0.2, 0) is 0 Å². The van der Waals surface area contributed by atoms with Gasteiger partial charge in [0.1, 0.15) is 5.82 Å². The van der Waals surface area contributed by atoms with Gasteiger partial charge in [0.15, 0.2) is 0 Å². The van der Waals surface area contributed by atoms with Gasteiger partial charge in [-0.05, 0) is 36.0 Å². The molecule has 0 radical (unpaired) electrons. The van der Waals surface area contributed by atoms with Crippen molar-refractivity contribution in [1.82, 2.24) is 0 Å². The molecule has 0 aliphatic heterocycles. The molecule has 1 aromatic carbocycles. The molecule has 0 bridgehead atoms. The molecule has 0 amide bonds. The Morgan fingerprint density at radius 3 is 2.07 bits per heavy atom. The maximum atomic E-state index is 12.7. The smallest absolute Gasteiger partial charge is 0.123 e. The van der Waals surface area contributed by atoms with Gasteiger partial charge in [0, 0.05) is 0 Å². The van der Waals surface area contributed by atoms with Gasteiger partial charge in [-0.3, -0.25) is 0 Å². The second kappa shape index (κ2) is 5.14. The first-order valence-electron chi connectivity index (χ1n) is 5.44. The zero-order valence-corrected chi connectivity index (χ0v) is 9.26. The van der Waals surface area contributed by atoms with E-state index >= 15 is 0 Å². The molecule has 1 rings (SSSR count). The monoisotopic (exact) mass is 194 g/mol. The molecule has 78 valence electrons. The lowest BCUT2D eigenvalue weighted by Gasteiger charge is -2.21. The lowest BCUT2D eigenvalue weighted by molar-refractivity contribution is 0.434. The number of benzene rings is 1. The van der Waals surface area contributed by atoms with E-state index in [1.165, 1.54) is 12.0 Å². The summed E-state index contributed by atoms with van der Waals surface area (Å²) in [6, 6.07) is 6.94. The highest BCUT2D eigenvalue weighted by Crippen LogP contribution is 2.29. The molecular formula is C13H19F. The van der Waals surface area contributed by atoms with Gasteiger partial charge in [-0.1, -0.05) is 39.3 Å². The van der Waals surface area contributed by atoms with Crippen molar-refractivity contribution in [2.45, 2.75) is 39.5 Å². The Hall–Kier alpha value is -0.850. The molecule has 0 aliphatic carbocycles. The Morgan fingerprint density at radius 2 is 1.64 bits per heavy atom. The van der Waals surface area contributed by atoms with E-state index in [1.54, 1.807) is 12.1 Å².